The molecule has 1 aliphatic heterocycles. The Morgan fingerprint density at radius 1 is 1.40 bits per heavy atom. The lowest BCUT2D eigenvalue weighted by atomic mass is 10.3. The number of amides is 2. The zero-order valence-corrected chi connectivity index (χ0v) is 10.7. The van der Waals surface area contributed by atoms with Gasteiger partial charge in [0.25, 0.3) is 0 Å². The number of carboxylic acid groups (broad SMARTS) is 1. The summed E-state index contributed by atoms with van der Waals surface area (Å²) in [6.07, 6.45) is -3.65. The third-order valence-corrected chi connectivity index (χ3v) is 3.62. The molecule has 1 unspecified atom stereocenters. The molecule has 0 aliphatic carbocycles. The smallest absolute Gasteiger partial charge is 0.406 e. The van der Waals surface area contributed by atoms with Crippen molar-refractivity contribution in [3.05, 3.63) is 11.5 Å². The minimum atomic E-state index is -4.76. The van der Waals surface area contributed by atoms with Crippen LogP contribution in [-0.4, -0.2) is 61.5 Å². The van der Waals surface area contributed by atoms with Gasteiger partial charge in [0, 0.05) is 5.41 Å². The lowest BCUT2D eigenvalue weighted by Gasteiger charge is -2.23. The number of sulfone groups is 1. The van der Waals surface area contributed by atoms with Crippen LogP contribution in [0.3, 0.4) is 0 Å². The summed E-state index contributed by atoms with van der Waals surface area (Å²) in [7, 11) is -3.48. The molecule has 0 aromatic heterocycles. The highest BCUT2D eigenvalue weighted by molar-refractivity contribution is 7.94. The van der Waals surface area contributed by atoms with Gasteiger partial charge in [0.05, 0.1) is 11.8 Å². The maximum Gasteiger partial charge on any atom is 0.406 e. The molecule has 20 heavy (non-hydrogen) atoms. The maximum atomic E-state index is 12.2. The Morgan fingerprint density at radius 3 is 2.40 bits per heavy atom. The fourth-order valence-corrected chi connectivity index (χ4v) is 2.73. The van der Waals surface area contributed by atoms with Crippen LogP contribution in [-0.2, 0) is 14.6 Å². The van der Waals surface area contributed by atoms with Crippen molar-refractivity contribution in [2.24, 2.45) is 0 Å². The number of rotatable bonds is 4. The van der Waals surface area contributed by atoms with E-state index >= 15 is 0 Å². The summed E-state index contributed by atoms with van der Waals surface area (Å²) in [5, 5.41) is 11.3. The highest BCUT2D eigenvalue weighted by Crippen LogP contribution is 2.17. The van der Waals surface area contributed by atoms with Gasteiger partial charge in [-0.1, -0.05) is 0 Å². The fraction of sp³-hybridized carbons (Fsp3) is 0.556. The van der Waals surface area contributed by atoms with Crippen LogP contribution < -0.4 is 5.32 Å². The standard InChI is InChI=1S/C9H11F3N2O5S/c10-9(11,12)5-14(3-7(15)16)8(17)13-6-1-2-20(18,19)4-6/h1-2,6H,3-5H2,(H,13,17)(H,15,16). The predicted octanol–water partition coefficient (Wildman–Crippen LogP) is -0.0444. The lowest BCUT2D eigenvalue weighted by molar-refractivity contribution is -0.149. The summed E-state index contributed by atoms with van der Waals surface area (Å²) in [6.45, 7) is -2.89. The highest BCUT2D eigenvalue weighted by atomic mass is 32.2. The summed E-state index contributed by atoms with van der Waals surface area (Å²) in [5.74, 6) is -2.08. The van der Waals surface area contributed by atoms with Crippen molar-refractivity contribution >= 4 is 21.8 Å². The predicted molar refractivity (Wildman–Crippen MR) is 60.5 cm³/mol. The molecule has 0 radical (unpaired) electrons. The Bertz CT molecular complexity index is 528. The molecule has 11 heteroatoms. The van der Waals surface area contributed by atoms with Gasteiger partial charge in [0.1, 0.15) is 13.1 Å². The first-order valence-electron chi connectivity index (χ1n) is 5.23. The third kappa shape index (κ3) is 5.47. The summed E-state index contributed by atoms with van der Waals surface area (Å²) >= 11 is 0. The van der Waals surface area contributed by atoms with E-state index in [1.165, 1.54) is 0 Å². The molecule has 114 valence electrons. The van der Waals surface area contributed by atoms with E-state index in [4.69, 9.17) is 5.11 Å². The molecule has 0 saturated heterocycles. The third-order valence-electron chi connectivity index (χ3n) is 2.22. The van der Waals surface area contributed by atoms with Crippen molar-refractivity contribution in [1.29, 1.82) is 0 Å². The largest absolute Gasteiger partial charge is 0.480 e. The zero-order valence-electron chi connectivity index (χ0n) is 9.92. The van der Waals surface area contributed by atoms with Crippen molar-refractivity contribution < 1.29 is 36.3 Å². The lowest BCUT2D eigenvalue weighted by Crippen LogP contribution is -2.50. The molecular weight excluding hydrogens is 305 g/mol. The molecule has 1 rings (SSSR count). The van der Waals surface area contributed by atoms with E-state index in [1.807, 2.05) is 5.32 Å². The Hall–Kier alpha value is -1.78. The number of hydrogen-bond donors (Lipinski definition) is 2. The molecule has 1 heterocycles. The second-order valence-corrected chi connectivity index (χ2v) is 6.01. The first-order chi connectivity index (χ1) is 8.98. The number of hydrogen-bond acceptors (Lipinski definition) is 4. The second-order valence-electron chi connectivity index (χ2n) is 4.08. The Balaban J connectivity index is 2.69. The van der Waals surface area contributed by atoms with Gasteiger partial charge in [-0.15, -0.1) is 0 Å². The van der Waals surface area contributed by atoms with Crippen molar-refractivity contribution in [3.63, 3.8) is 0 Å². The number of aliphatic carboxylic acids is 1. The van der Waals surface area contributed by atoms with E-state index < -0.39 is 52.9 Å². The molecule has 0 fully saturated rings. The minimum Gasteiger partial charge on any atom is -0.480 e. The number of alkyl halides is 3. The molecule has 0 spiro atoms. The average molecular weight is 316 g/mol. The molecule has 2 amide bonds. The zero-order chi connectivity index (χ0) is 15.6. The van der Waals surface area contributed by atoms with Gasteiger partial charge in [-0.2, -0.15) is 13.2 Å². The number of urea groups is 1. The SMILES string of the molecule is O=C(O)CN(CC(F)(F)F)C(=O)NC1C=CS(=O)(=O)C1. The van der Waals surface area contributed by atoms with Crippen LogP contribution in [0.15, 0.2) is 11.5 Å². The molecular formula is C9H11F3N2O5S. The number of carboxylic acids is 1. The monoisotopic (exact) mass is 316 g/mol. The summed E-state index contributed by atoms with van der Waals surface area (Å²) in [5.41, 5.74) is 0. The van der Waals surface area contributed by atoms with Gasteiger partial charge in [0.2, 0.25) is 0 Å². The Morgan fingerprint density at radius 2 is 2.00 bits per heavy atom. The summed E-state index contributed by atoms with van der Waals surface area (Å²) in [4.78, 5) is 22.0. The molecule has 1 aliphatic rings. The first-order valence-corrected chi connectivity index (χ1v) is 6.95. The number of halogens is 3. The van der Waals surface area contributed by atoms with Crippen LogP contribution >= 0.6 is 0 Å². The van der Waals surface area contributed by atoms with E-state index in [1.54, 1.807) is 0 Å². The Labute approximate surface area is 112 Å². The maximum absolute atomic E-state index is 12.2. The van der Waals surface area contributed by atoms with E-state index in [0.29, 0.717) is 0 Å². The fourth-order valence-electron chi connectivity index (χ4n) is 1.49. The van der Waals surface area contributed by atoms with Crippen molar-refractivity contribution in [1.82, 2.24) is 10.2 Å². The van der Waals surface area contributed by atoms with Gasteiger partial charge in [-0.3, -0.25) is 4.79 Å². The van der Waals surface area contributed by atoms with Crippen LogP contribution in [0.4, 0.5) is 18.0 Å². The molecule has 0 bridgehead atoms. The van der Waals surface area contributed by atoms with Crippen molar-refractivity contribution in [2.45, 2.75) is 12.2 Å². The van der Waals surface area contributed by atoms with Gasteiger partial charge in [0.15, 0.2) is 9.84 Å². The van der Waals surface area contributed by atoms with E-state index in [9.17, 15) is 31.2 Å². The van der Waals surface area contributed by atoms with Crippen LogP contribution in [0.2, 0.25) is 0 Å². The van der Waals surface area contributed by atoms with Crippen molar-refractivity contribution in [2.75, 3.05) is 18.8 Å². The van der Waals surface area contributed by atoms with Gasteiger partial charge in [-0.25, -0.2) is 13.2 Å². The highest BCUT2D eigenvalue weighted by Gasteiger charge is 2.35. The normalized spacial score (nSPS) is 20.6. The van der Waals surface area contributed by atoms with E-state index in [-0.39, 0.29) is 4.90 Å². The second kappa shape index (κ2) is 5.69. The van der Waals surface area contributed by atoms with Crippen molar-refractivity contribution in [3.8, 4) is 0 Å². The van der Waals surface area contributed by atoms with E-state index in [2.05, 4.69) is 0 Å². The molecule has 2 N–H and O–H groups in total. The van der Waals surface area contributed by atoms with Gasteiger partial charge in [-0.05, 0) is 6.08 Å². The molecule has 1 atom stereocenters. The molecule has 0 aromatic carbocycles. The number of carbonyl (C=O) groups is 2. The quantitative estimate of drug-likeness (QED) is 0.757. The van der Waals surface area contributed by atoms with Crippen LogP contribution in [0.5, 0.6) is 0 Å². The van der Waals surface area contributed by atoms with Crippen LogP contribution in [0, 0.1) is 0 Å². The molecule has 7 nitrogen and oxygen atoms in total. The van der Waals surface area contributed by atoms with E-state index in [0.717, 1.165) is 11.5 Å². The topological polar surface area (TPSA) is 104 Å². The minimum absolute atomic E-state index is 0.0428. The molecule has 0 saturated carbocycles. The summed E-state index contributed by atoms with van der Waals surface area (Å²) < 4.78 is 58.8. The Kier molecular flexibility index (Phi) is 4.63. The molecule has 0 aromatic rings. The van der Waals surface area contributed by atoms with Crippen LogP contribution in [0.1, 0.15) is 0 Å². The number of nitrogens with zero attached hydrogens (tertiary/aromatic N) is 1. The first kappa shape index (κ1) is 16.3. The summed E-state index contributed by atoms with van der Waals surface area (Å²) in [6, 6.07) is -2.27. The van der Waals surface area contributed by atoms with Gasteiger partial charge >= 0.3 is 18.2 Å². The van der Waals surface area contributed by atoms with Gasteiger partial charge < -0.3 is 15.3 Å². The van der Waals surface area contributed by atoms with Crippen LogP contribution in [0.25, 0.3) is 0 Å². The number of nitrogens with one attached hydrogen (secondary N) is 1. The number of carbonyl (C=O) groups excluding carboxylic acids is 1. The average Bonchev–Trinajstić information content (AvgIpc) is 2.54.